The van der Waals surface area contributed by atoms with Crippen LogP contribution < -0.4 is 4.74 Å². The van der Waals surface area contributed by atoms with Crippen LogP contribution >= 0.6 is 11.6 Å². The maximum Gasteiger partial charge on any atom is 0.387 e. The van der Waals surface area contributed by atoms with Gasteiger partial charge in [-0.15, -0.1) is 0 Å². The fourth-order valence-electron chi connectivity index (χ4n) is 1.71. The van der Waals surface area contributed by atoms with Crippen LogP contribution in [0.5, 0.6) is 5.75 Å². The van der Waals surface area contributed by atoms with Gasteiger partial charge in [-0.1, -0.05) is 29.8 Å². The molecule has 0 aliphatic carbocycles. The van der Waals surface area contributed by atoms with Gasteiger partial charge in [-0.05, 0) is 24.3 Å². The molecule has 0 N–H and O–H groups in total. The molecule has 0 fully saturated rings. The van der Waals surface area contributed by atoms with Crippen molar-refractivity contribution in [1.82, 2.24) is 0 Å². The number of hydrogen-bond acceptors (Lipinski definition) is 2. The Morgan fingerprint density at radius 3 is 2.47 bits per heavy atom. The molecule has 0 saturated carbocycles. The summed E-state index contributed by atoms with van der Waals surface area (Å²) in [5, 5.41) is 0.393. The molecule has 2 aromatic carbocycles. The molecule has 98 valence electrons. The van der Waals surface area contributed by atoms with Crippen molar-refractivity contribution in [3.8, 4) is 16.9 Å². The summed E-state index contributed by atoms with van der Waals surface area (Å²) in [6.45, 7) is -2.94. The summed E-state index contributed by atoms with van der Waals surface area (Å²) in [5.74, 6) is -0.0197. The van der Waals surface area contributed by atoms with E-state index < -0.39 is 6.61 Å². The summed E-state index contributed by atoms with van der Waals surface area (Å²) in [4.78, 5) is 10.8. The van der Waals surface area contributed by atoms with Gasteiger partial charge in [0, 0.05) is 21.7 Å². The Hall–Kier alpha value is -1.94. The molecule has 0 radical (unpaired) electrons. The molecule has 0 atom stereocenters. The summed E-state index contributed by atoms with van der Waals surface area (Å²) in [7, 11) is 0. The molecule has 0 spiro atoms. The lowest BCUT2D eigenvalue weighted by atomic mass is 10.0. The van der Waals surface area contributed by atoms with Crippen LogP contribution in [-0.2, 0) is 0 Å². The minimum Gasteiger partial charge on any atom is -0.434 e. The first-order valence-corrected chi connectivity index (χ1v) is 5.78. The number of carbonyl (C=O) groups is 1. The number of aldehydes is 1. The number of ether oxygens (including phenoxy) is 1. The number of halogens is 3. The molecular formula is C14H9ClF2O2. The van der Waals surface area contributed by atoms with Gasteiger partial charge in [0.05, 0.1) is 0 Å². The average molecular weight is 283 g/mol. The fourth-order valence-corrected chi connectivity index (χ4v) is 1.95. The molecule has 0 heterocycles. The molecule has 5 heteroatoms. The molecule has 2 nitrogen and oxygen atoms in total. The van der Waals surface area contributed by atoms with Gasteiger partial charge in [0.25, 0.3) is 0 Å². The smallest absolute Gasteiger partial charge is 0.387 e. The second kappa shape index (κ2) is 5.80. The van der Waals surface area contributed by atoms with Crippen LogP contribution in [0.15, 0.2) is 42.5 Å². The average Bonchev–Trinajstić information content (AvgIpc) is 2.39. The molecule has 19 heavy (non-hydrogen) atoms. The highest BCUT2D eigenvalue weighted by Gasteiger charge is 2.14. The zero-order chi connectivity index (χ0) is 13.8. The predicted molar refractivity (Wildman–Crippen MR) is 68.9 cm³/mol. The second-order valence-electron chi connectivity index (χ2n) is 3.73. The normalized spacial score (nSPS) is 10.5. The van der Waals surface area contributed by atoms with Crippen molar-refractivity contribution in [2.24, 2.45) is 0 Å². The summed E-state index contributed by atoms with van der Waals surface area (Å²) in [6, 6.07) is 11.0. The van der Waals surface area contributed by atoms with Gasteiger partial charge in [0.1, 0.15) is 12.0 Å². The van der Waals surface area contributed by atoms with Crippen molar-refractivity contribution >= 4 is 17.9 Å². The minimum atomic E-state index is -2.94. The van der Waals surface area contributed by atoms with Crippen LogP contribution in [0.4, 0.5) is 8.78 Å². The van der Waals surface area contributed by atoms with E-state index in [0.29, 0.717) is 28.0 Å². The first kappa shape index (κ1) is 13.5. The molecule has 0 aliphatic heterocycles. The third kappa shape index (κ3) is 3.09. The zero-order valence-electron chi connectivity index (χ0n) is 9.65. The zero-order valence-corrected chi connectivity index (χ0v) is 10.4. The lowest BCUT2D eigenvalue weighted by Crippen LogP contribution is -2.03. The molecule has 0 bridgehead atoms. The van der Waals surface area contributed by atoms with Crippen molar-refractivity contribution in [2.75, 3.05) is 0 Å². The molecular weight excluding hydrogens is 274 g/mol. The molecule has 0 aliphatic rings. The highest BCUT2D eigenvalue weighted by Crippen LogP contribution is 2.36. The van der Waals surface area contributed by atoms with Gasteiger partial charge in [0.15, 0.2) is 0 Å². The molecule has 0 amide bonds. The molecule has 2 aromatic rings. The Morgan fingerprint density at radius 1 is 1.11 bits per heavy atom. The number of carbonyl (C=O) groups excluding carboxylic acids is 1. The van der Waals surface area contributed by atoms with Crippen molar-refractivity contribution in [2.45, 2.75) is 6.61 Å². The minimum absolute atomic E-state index is 0.0197. The SMILES string of the molecule is O=Cc1ccc(OC(F)F)c(-c2ccccc2Cl)c1. The Bertz CT molecular complexity index is 600. The topological polar surface area (TPSA) is 26.3 Å². The van der Waals surface area contributed by atoms with Crippen LogP contribution in [0.25, 0.3) is 11.1 Å². The molecule has 0 aromatic heterocycles. The Kier molecular flexibility index (Phi) is 4.12. The lowest BCUT2D eigenvalue weighted by Gasteiger charge is -2.12. The fraction of sp³-hybridized carbons (Fsp3) is 0.0714. The van der Waals surface area contributed by atoms with E-state index in [1.54, 1.807) is 24.3 Å². The third-order valence-corrected chi connectivity index (χ3v) is 2.85. The number of hydrogen-bond donors (Lipinski definition) is 0. The van der Waals surface area contributed by atoms with E-state index in [9.17, 15) is 13.6 Å². The van der Waals surface area contributed by atoms with Gasteiger partial charge < -0.3 is 4.74 Å². The van der Waals surface area contributed by atoms with Crippen LogP contribution in [0, 0.1) is 0 Å². The standard InChI is InChI=1S/C14H9ClF2O2/c15-12-4-2-1-3-10(12)11-7-9(8-18)5-6-13(11)19-14(16)17/h1-8,14H. The van der Waals surface area contributed by atoms with Gasteiger partial charge in [-0.25, -0.2) is 0 Å². The quantitative estimate of drug-likeness (QED) is 0.776. The van der Waals surface area contributed by atoms with Crippen LogP contribution in [0.1, 0.15) is 10.4 Å². The lowest BCUT2D eigenvalue weighted by molar-refractivity contribution is -0.0494. The summed E-state index contributed by atoms with van der Waals surface area (Å²) in [5.41, 5.74) is 1.25. The molecule has 0 saturated heterocycles. The largest absolute Gasteiger partial charge is 0.434 e. The summed E-state index contributed by atoms with van der Waals surface area (Å²) < 4.78 is 29.2. The van der Waals surface area contributed by atoms with E-state index in [0.717, 1.165) is 0 Å². The van der Waals surface area contributed by atoms with Crippen LogP contribution in [0.2, 0.25) is 5.02 Å². The van der Waals surface area contributed by atoms with Gasteiger partial charge in [0.2, 0.25) is 0 Å². The first-order valence-electron chi connectivity index (χ1n) is 5.41. The van der Waals surface area contributed by atoms with E-state index in [-0.39, 0.29) is 5.75 Å². The van der Waals surface area contributed by atoms with Crippen molar-refractivity contribution in [1.29, 1.82) is 0 Å². The summed E-state index contributed by atoms with van der Waals surface area (Å²) in [6.07, 6.45) is 0.631. The maximum absolute atomic E-state index is 12.4. The van der Waals surface area contributed by atoms with E-state index in [2.05, 4.69) is 4.74 Å². The van der Waals surface area contributed by atoms with Gasteiger partial charge in [-0.3, -0.25) is 4.79 Å². The summed E-state index contributed by atoms with van der Waals surface area (Å²) >= 11 is 6.03. The van der Waals surface area contributed by atoms with Crippen LogP contribution in [-0.4, -0.2) is 12.9 Å². The highest BCUT2D eigenvalue weighted by molar-refractivity contribution is 6.33. The second-order valence-corrected chi connectivity index (χ2v) is 4.14. The first-order chi connectivity index (χ1) is 9.11. The maximum atomic E-state index is 12.4. The van der Waals surface area contributed by atoms with Crippen molar-refractivity contribution in [3.63, 3.8) is 0 Å². The van der Waals surface area contributed by atoms with Crippen molar-refractivity contribution < 1.29 is 18.3 Å². The van der Waals surface area contributed by atoms with E-state index in [1.165, 1.54) is 18.2 Å². The van der Waals surface area contributed by atoms with Gasteiger partial charge in [-0.2, -0.15) is 8.78 Å². The monoisotopic (exact) mass is 282 g/mol. The van der Waals surface area contributed by atoms with Crippen molar-refractivity contribution in [3.05, 3.63) is 53.1 Å². The number of rotatable bonds is 4. The van der Waals surface area contributed by atoms with E-state index in [4.69, 9.17) is 11.6 Å². The Morgan fingerprint density at radius 2 is 1.84 bits per heavy atom. The number of benzene rings is 2. The van der Waals surface area contributed by atoms with Crippen LogP contribution in [0.3, 0.4) is 0 Å². The third-order valence-electron chi connectivity index (χ3n) is 2.52. The highest BCUT2D eigenvalue weighted by atomic mass is 35.5. The number of alkyl halides is 2. The predicted octanol–water partition coefficient (Wildman–Crippen LogP) is 4.42. The Labute approximate surface area is 113 Å². The van der Waals surface area contributed by atoms with Gasteiger partial charge >= 0.3 is 6.61 Å². The van der Waals surface area contributed by atoms with E-state index >= 15 is 0 Å². The molecule has 0 unspecified atom stereocenters. The van der Waals surface area contributed by atoms with E-state index in [1.807, 2.05) is 0 Å². The Balaban J connectivity index is 2.58. The molecule has 2 rings (SSSR count).